The Morgan fingerprint density at radius 3 is 2.36 bits per heavy atom. The van der Waals surface area contributed by atoms with E-state index in [0.29, 0.717) is 71.0 Å². The van der Waals surface area contributed by atoms with Gasteiger partial charge in [-0.3, -0.25) is 9.59 Å². The monoisotopic (exact) mass is 651 g/mol. The number of aliphatic hydroxyl groups excluding tert-OH is 1. The van der Waals surface area contributed by atoms with E-state index in [-0.39, 0.29) is 42.6 Å². The van der Waals surface area contributed by atoms with Gasteiger partial charge >= 0.3 is 5.97 Å². The summed E-state index contributed by atoms with van der Waals surface area (Å²) in [7, 11) is 1.34. The lowest BCUT2D eigenvalue weighted by molar-refractivity contribution is -0.172. The van der Waals surface area contributed by atoms with Gasteiger partial charge < -0.3 is 43.9 Å². The van der Waals surface area contributed by atoms with Crippen molar-refractivity contribution in [3.8, 4) is 0 Å². The highest BCUT2D eigenvalue weighted by atomic mass is 16.7. The molecular formula is C35H45N3O9. The minimum atomic E-state index is -0.716. The number of methoxy groups -OCH3 is 1. The second-order valence-corrected chi connectivity index (χ2v) is 11.8. The third kappa shape index (κ3) is 7.78. The Kier molecular flexibility index (Phi) is 11.9. The summed E-state index contributed by atoms with van der Waals surface area (Å²) in [5, 5.41) is 11.9. The van der Waals surface area contributed by atoms with Crippen LogP contribution in [0.4, 0.5) is 5.69 Å². The number of rotatable bonds is 14. The van der Waals surface area contributed by atoms with Gasteiger partial charge in [0.1, 0.15) is 5.54 Å². The number of amides is 2. The van der Waals surface area contributed by atoms with Gasteiger partial charge in [0.15, 0.2) is 5.76 Å². The standard InChI is InChI=1S/C35H45N3O9/c1-3-46-33-28(13-19-44-21-22-45-20-18-39)29(25-9-11-26(12-10-25)32(41)43-2)23-30(47-33)31(40)37-16-14-35(15-17-37)34(42)36-24-38(35)27-7-5-4-6-8-27/h4-12,23,28-29,33,39H,3,13-22,24H2,1-2H3,(H,36,42)/t28-,29+,33+/m0/s1. The highest BCUT2D eigenvalue weighted by Crippen LogP contribution is 2.41. The van der Waals surface area contributed by atoms with Crippen LogP contribution in [0.3, 0.4) is 0 Å². The topological polar surface area (TPSA) is 136 Å². The number of nitrogens with one attached hydrogen (secondary N) is 1. The second-order valence-electron chi connectivity index (χ2n) is 11.8. The van der Waals surface area contributed by atoms with Crippen LogP contribution in [0.2, 0.25) is 0 Å². The first-order chi connectivity index (χ1) is 22.9. The maximum Gasteiger partial charge on any atom is 0.337 e. The van der Waals surface area contributed by atoms with Gasteiger partial charge in [-0.05, 0) is 62.1 Å². The van der Waals surface area contributed by atoms with Crippen molar-refractivity contribution in [2.24, 2.45) is 5.92 Å². The largest absolute Gasteiger partial charge is 0.465 e. The lowest BCUT2D eigenvalue weighted by atomic mass is 9.81. The van der Waals surface area contributed by atoms with Gasteiger partial charge in [-0.2, -0.15) is 0 Å². The summed E-state index contributed by atoms with van der Waals surface area (Å²) < 4.78 is 28.4. The van der Waals surface area contributed by atoms with E-state index in [2.05, 4.69) is 10.2 Å². The number of para-hydroxylation sites is 1. The fourth-order valence-corrected chi connectivity index (χ4v) is 6.64. The normalized spacial score (nSPS) is 22.1. The molecule has 12 heteroatoms. The van der Waals surface area contributed by atoms with Crippen molar-refractivity contribution in [3.05, 3.63) is 77.6 Å². The molecule has 254 valence electrons. The number of aliphatic hydroxyl groups is 1. The minimum absolute atomic E-state index is 0.0153. The molecule has 0 saturated carbocycles. The summed E-state index contributed by atoms with van der Waals surface area (Å²) in [6.45, 7) is 4.84. The van der Waals surface area contributed by atoms with E-state index in [4.69, 9.17) is 28.8 Å². The van der Waals surface area contributed by atoms with Crippen LogP contribution < -0.4 is 10.2 Å². The Hall–Kier alpha value is -3.97. The summed E-state index contributed by atoms with van der Waals surface area (Å²) in [4.78, 5) is 43.2. The quantitative estimate of drug-likeness (QED) is 0.232. The number of allylic oxidation sites excluding steroid dienone is 1. The Bertz CT molecular complexity index is 1380. The van der Waals surface area contributed by atoms with Gasteiger partial charge in [0.2, 0.25) is 12.2 Å². The van der Waals surface area contributed by atoms with Crippen molar-refractivity contribution in [2.45, 2.75) is 43.9 Å². The van der Waals surface area contributed by atoms with Crippen molar-refractivity contribution < 1.29 is 43.2 Å². The van der Waals surface area contributed by atoms with E-state index in [1.165, 1.54) is 7.11 Å². The number of nitrogens with zero attached hydrogens (tertiary/aromatic N) is 2. The SMILES string of the molecule is CCO[C@@H]1OC(C(=O)N2CCC3(CC2)C(=O)NCN3c2ccccc2)=C[C@H](c2ccc(C(=O)OC)cc2)[C@@H]1CCOCCOCCO. The Balaban J connectivity index is 1.34. The van der Waals surface area contributed by atoms with E-state index in [9.17, 15) is 14.4 Å². The maximum atomic E-state index is 14.0. The number of carbonyl (C=O) groups is 3. The molecule has 12 nitrogen and oxygen atoms in total. The zero-order valence-corrected chi connectivity index (χ0v) is 27.1. The van der Waals surface area contributed by atoms with E-state index in [1.54, 1.807) is 17.0 Å². The summed E-state index contributed by atoms with van der Waals surface area (Å²) in [5.74, 6) is -0.961. The summed E-state index contributed by atoms with van der Waals surface area (Å²) in [6.07, 6.45) is 2.68. The van der Waals surface area contributed by atoms with E-state index < -0.39 is 17.8 Å². The highest BCUT2D eigenvalue weighted by molar-refractivity contribution is 5.95. The summed E-state index contributed by atoms with van der Waals surface area (Å²) in [6, 6.07) is 17.0. The fourth-order valence-electron chi connectivity index (χ4n) is 6.64. The van der Waals surface area contributed by atoms with Gasteiger partial charge in [-0.15, -0.1) is 0 Å². The third-order valence-electron chi connectivity index (χ3n) is 9.13. The predicted octanol–water partition coefficient (Wildman–Crippen LogP) is 2.82. The number of hydrogen-bond acceptors (Lipinski definition) is 10. The number of piperidine rings is 1. The van der Waals surface area contributed by atoms with E-state index in [0.717, 1.165) is 11.3 Å². The number of benzene rings is 2. The molecule has 2 aromatic rings. The molecule has 0 bridgehead atoms. The lowest BCUT2D eigenvalue weighted by Gasteiger charge is -2.44. The maximum absolute atomic E-state index is 14.0. The predicted molar refractivity (Wildman–Crippen MR) is 172 cm³/mol. The second kappa shape index (κ2) is 16.2. The van der Waals surface area contributed by atoms with Gasteiger partial charge in [0, 0.05) is 43.8 Å². The van der Waals surface area contributed by atoms with Crippen LogP contribution >= 0.6 is 0 Å². The first-order valence-electron chi connectivity index (χ1n) is 16.3. The first-order valence-corrected chi connectivity index (χ1v) is 16.3. The van der Waals surface area contributed by atoms with Gasteiger partial charge in [-0.1, -0.05) is 30.3 Å². The van der Waals surface area contributed by atoms with E-state index in [1.807, 2.05) is 55.5 Å². The molecular weight excluding hydrogens is 606 g/mol. The van der Waals surface area contributed by atoms with Crippen LogP contribution in [0, 0.1) is 5.92 Å². The molecule has 0 aliphatic carbocycles. The minimum Gasteiger partial charge on any atom is -0.465 e. The number of anilines is 1. The average Bonchev–Trinajstić information content (AvgIpc) is 3.42. The van der Waals surface area contributed by atoms with Gasteiger partial charge in [-0.25, -0.2) is 4.79 Å². The lowest BCUT2D eigenvalue weighted by Crippen LogP contribution is -2.57. The molecule has 2 saturated heterocycles. The molecule has 2 N–H and O–H groups in total. The molecule has 3 atom stereocenters. The summed E-state index contributed by atoms with van der Waals surface area (Å²) in [5.41, 5.74) is 1.57. The van der Waals surface area contributed by atoms with Crippen LogP contribution in [-0.2, 0) is 33.3 Å². The molecule has 47 heavy (non-hydrogen) atoms. The number of ether oxygens (including phenoxy) is 5. The average molecular weight is 652 g/mol. The van der Waals surface area contributed by atoms with Crippen LogP contribution in [0.25, 0.3) is 0 Å². The van der Waals surface area contributed by atoms with Crippen LogP contribution in [0.5, 0.6) is 0 Å². The number of carbonyl (C=O) groups excluding carboxylic acids is 3. The van der Waals surface area contributed by atoms with Crippen molar-refractivity contribution in [3.63, 3.8) is 0 Å². The van der Waals surface area contributed by atoms with E-state index >= 15 is 0 Å². The van der Waals surface area contributed by atoms with Gasteiger partial charge in [0.05, 0.1) is 45.8 Å². The Morgan fingerprint density at radius 2 is 1.70 bits per heavy atom. The van der Waals surface area contributed by atoms with Crippen molar-refractivity contribution in [1.82, 2.24) is 10.2 Å². The molecule has 0 aromatic heterocycles. The number of hydrogen-bond donors (Lipinski definition) is 2. The first kappa shape index (κ1) is 34.4. The van der Waals surface area contributed by atoms with Crippen molar-refractivity contribution in [2.75, 3.05) is 71.4 Å². The van der Waals surface area contributed by atoms with Crippen molar-refractivity contribution >= 4 is 23.5 Å². The smallest absolute Gasteiger partial charge is 0.337 e. The highest BCUT2D eigenvalue weighted by Gasteiger charge is 2.51. The Morgan fingerprint density at radius 1 is 1.00 bits per heavy atom. The molecule has 0 radical (unpaired) electrons. The zero-order valence-electron chi connectivity index (χ0n) is 27.1. The molecule has 2 amide bonds. The Labute approximate surface area is 275 Å². The van der Waals surface area contributed by atoms with Gasteiger partial charge in [0.25, 0.3) is 5.91 Å². The zero-order chi connectivity index (χ0) is 33.2. The molecule has 5 rings (SSSR count). The third-order valence-corrected chi connectivity index (χ3v) is 9.13. The van der Waals surface area contributed by atoms with Crippen LogP contribution in [-0.4, -0.2) is 106 Å². The molecule has 3 aliphatic heterocycles. The molecule has 2 fully saturated rings. The number of esters is 1. The molecule has 0 unspecified atom stereocenters. The van der Waals surface area contributed by atoms with Crippen LogP contribution in [0.15, 0.2) is 66.4 Å². The van der Waals surface area contributed by atoms with Crippen molar-refractivity contribution in [1.29, 1.82) is 0 Å². The fraction of sp³-hybridized carbons (Fsp3) is 0.514. The molecule has 2 aromatic carbocycles. The molecule has 3 heterocycles. The molecule has 1 spiro atoms. The molecule has 3 aliphatic rings. The summed E-state index contributed by atoms with van der Waals surface area (Å²) >= 11 is 0. The van der Waals surface area contributed by atoms with Crippen LogP contribution in [0.1, 0.15) is 48.0 Å². The number of likely N-dealkylation sites (tertiary alicyclic amines) is 1.